The Morgan fingerprint density at radius 2 is 1.79 bits per heavy atom. The fourth-order valence-electron chi connectivity index (χ4n) is 2.15. The average molecular weight is 256 g/mol. The van der Waals surface area contributed by atoms with Crippen molar-refractivity contribution in [2.24, 2.45) is 0 Å². The smallest absolute Gasteiger partial charge is 0.125 e. The maximum Gasteiger partial charge on any atom is 0.125 e. The molecule has 0 aromatic heterocycles. The predicted molar refractivity (Wildman–Crippen MR) is 77.6 cm³/mol. The van der Waals surface area contributed by atoms with E-state index >= 15 is 0 Å². The fourth-order valence-corrected chi connectivity index (χ4v) is 2.15. The summed E-state index contributed by atoms with van der Waals surface area (Å²) < 4.78 is 5.35. The zero-order valence-corrected chi connectivity index (χ0v) is 11.7. The van der Waals surface area contributed by atoms with E-state index in [2.05, 4.69) is 6.92 Å². The third-order valence-electron chi connectivity index (χ3n) is 3.39. The summed E-state index contributed by atoms with van der Waals surface area (Å²) in [6.07, 6.45) is 0.291. The van der Waals surface area contributed by atoms with Crippen molar-refractivity contribution in [1.82, 2.24) is 0 Å². The number of methoxy groups -OCH3 is 1. The Hall–Kier alpha value is -1.80. The van der Waals surface area contributed by atoms with Crippen molar-refractivity contribution >= 4 is 0 Å². The molecule has 2 nitrogen and oxygen atoms in total. The highest BCUT2D eigenvalue weighted by Crippen LogP contribution is 2.31. The summed E-state index contributed by atoms with van der Waals surface area (Å²) in [5, 5.41) is 10.5. The molecule has 0 saturated heterocycles. The molecule has 0 saturated carbocycles. The largest absolute Gasteiger partial charge is 0.496 e. The molecule has 0 fully saturated rings. The van der Waals surface area contributed by atoms with Gasteiger partial charge in [0, 0.05) is 5.56 Å². The fraction of sp³-hybridized carbons (Fsp3) is 0.294. The van der Waals surface area contributed by atoms with E-state index in [1.165, 1.54) is 11.1 Å². The highest BCUT2D eigenvalue weighted by Gasteiger charge is 2.15. The van der Waals surface area contributed by atoms with Gasteiger partial charge >= 0.3 is 0 Å². The van der Waals surface area contributed by atoms with Crippen molar-refractivity contribution in [3.63, 3.8) is 0 Å². The van der Waals surface area contributed by atoms with Crippen molar-refractivity contribution in [3.05, 3.63) is 64.7 Å². The van der Waals surface area contributed by atoms with Crippen molar-refractivity contribution < 1.29 is 9.84 Å². The van der Waals surface area contributed by atoms with Gasteiger partial charge in [-0.15, -0.1) is 0 Å². The normalized spacial score (nSPS) is 12.2. The molecule has 0 radical (unpaired) electrons. The van der Waals surface area contributed by atoms with Gasteiger partial charge in [0.05, 0.1) is 7.11 Å². The summed E-state index contributed by atoms with van der Waals surface area (Å²) in [4.78, 5) is 0. The van der Waals surface area contributed by atoms with Crippen LogP contribution in [0.15, 0.2) is 42.5 Å². The lowest BCUT2D eigenvalue weighted by atomic mass is 9.97. The summed E-state index contributed by atoms with van der Waals surface area (Å²) in [7, 11) is 1.63. The van der Waals surface area contributed by atoms with Gasteiger partial charge in [0.1, 0.15) is 11.9 Å². The number of aliphatic hydroxyl groups excluding tert-OH is 1. The standard InChI is InChI=1S/C17H20O2/c1-4-13-7-10-16(19-3)15(11-13)17(18)14-8-5-12(2)6-9-14/h5-11,17-18H,4H2,1-3H3/t17-/m1/s1. The zero-order valence-electron chi connectivity index (χ0n) is 11.7. The van der Waals surface area contributed by atoms with Crippen LogP contribution in [0.5, 0.6) is 5.75 Å². The minimum atomic E-state index is -0.651. The average Bonchev–Trinajstić information content (AvgIpc) is 2.46. The maximum absolute atomic E-state index is 10.5. The third kappa shape index (κ3) is 2.96. The first-order valence-corrected chi connectivity index (χ1v) is 6.57. The molecular formula is C17H20O2. The molecule has 0 aliphatic rings. The molecular weight excluding hydrogens is 236 g/mol. The molecule has 1 N–H and O–H groups in total. The maximum atomic E-state index is 10.5. The number of ether oxygens (including phenoxy) is 1. The number of rotatable bonds is 4. The zero-order chi connectivity index (χ0) is 13.8. The Morgan fingerprint density at radius 3 is 2.37 bits per heavy atom. The van der Waals surface area contributed by atoms with Crippen molar-refractivity contribution in [3.8, 4) is 5.75 Å². The van der Waals surface area contributed by atoms with Crippen LogP contribution in [-0.4, -0.2) is 12.2 Å². The molecule has 0 aliphatic carbocycles. The Kier molecular flexibility index (Phi) is 4.23. The lowest BCUT2D eigenvalue weighted by Crippen LogP contribution is -2.03. The summed E-state index contributed by atoms with van der Waals surface area (Å²) in [5.74, 6) is 0.727. The molecule has 2 heteroatoms. The Labute approximate surface area is 114 Å². The molecule has 19 heavy (non-hydrogen) atoms. The number of aryl methyl sites for hydroxylation is 2. The van der Waals surface area contributed by atoms with E-state index in [1.54, 1.807) is 7.11 Å². The summed E-state index contributed by atoms with van der Waals surface area (Å²) in [5.41, 5.74) is 4.09. The van der Waals surface area contributed by atoms with Gasteiger partial charge in [-0.25, -0.2) is 0 Å². The van der Waals surface area contributed by atoms with Gasteiger partial charge in [-0.2, -0.15) is 0 Å². The van der Waals surface area contributed by atoms with Crippen molar-refractivity contribution in [2.45, 2.75) is 26.4 Å². The topological polar surface area (TPSA) is 29.5 Å². The third-order valence-corrected chi connectivity index (χ3v) is 3.39. The summed E-state index contributed by atoms with van der Waals surface area (Å²) in [6, 6.07) is 13.9. The van der Waals surface area contributed by atoms with Crippen LogP contribution in [0.4, 0.5) is 0 Å². The van der Waals surface area contributed by atoms with E-state index in [0.29, 0.717) is 0 Å². The molecule has 0 bridgehead atoms. The van der Waals surface area contributed by atoms with Crippen LogP contribution in [0.25, 0.3) is 0 Å². The van der Waals surface area contributed by atoms with Crippen molar-refractivity contribution in [1.29, 1.82) is 0 Å². The molecule has 2 aromatic carbocycles. The minimum Gasteiger partial charge on any atom is -0.496 e. The Morgan fingerprint density at radius 1 is 1.11 bits per heavy atom. The van der Waals surface area contributed by atoms with Gasteiger partial charge < -0.3 is 9.84 Å². The van der Waals surface area contributed by atoms with E-state index in [1.807, 2.05) is 49.4 Å². The second-order valence-corrected chi connectivity index (χ2v) is 4.74. The van der Waals surface area contributed by atoms with E-state index in [9.17, 15) is 5.11 Å². The number of hydrogen-bond acceptors (Lipinski definition) is 2. The molecule has 0 spiro atoms. The quantitative estimate of drug-likeness (QED) is 0.904. The Balaban J connectivity index is 2.41. The van der Waals surface area contributed by atoms with Crippen LogP contribution in [0.2, 0.25) is 0 Å². The van der Waals surface area contributed by atoms with E-state index in [-0.39, 0.29) is 0 Å². The van der Waals surface area contributed by atoms with E-state index in [4.69, 9.17) is 4.74 Å². The monoisotopic (exact) mass is 256 g/mol. The Bertz CT molecular complexity index is 544. The van der Waals surface area contributed by atoms with Crippen LogP contribution in [-0.2, 0) is 6.42 Å². The lowest BCUT2D eigenvalue weighted by molar-refractivity contribution is 0.214. The van der Waals surface area contributed by atoms with Crippen molar-refractivity contribution in [2.75, 3.05) is 7.11 Å². The van der Waals surface area contributed by atoms with Crippen LogP contribution in [0.1, 0.15) is 35.3 Å². The first-order valence-electron chi connectivity index (χ1n) is 6.57. The van der Waals surface area contributed by atoms with Gasteiger partial charge in [-0.05, 0) is 36.6 Å². The van der Waals surface area contributed by atoms with Crippen LogP contribution in [0, 0.1) is 6.92 Å². The molecule has 0 unspecified atom stereocenters. The number of benzene rings is 2. The van der Waals surface area contributed by atoms with Gasteiger partial charge in [-0.3, -0.25) is 0 Å². The second kappa shape index (κ2) is 5.89. The molecule has 0 amide bonds. The molecule has 0 aliphatic heterocycles. The van der Waals surface area contributed by atoms with Gasteiger partial charge in [0.15, 0.2) is 0 Å². The lowest BCUT2D eigenvalue weighted by Gasteiger charge is -2.16. The first kappa shape index (κ1) is 13.6. The minimum absolute atomic E-state index is 0.651. The van der Waals surface area contributed by atoms with Gasteiger partial charge in [0.2, 0.25) is 0 Å². The molecule has 100 valence electrons. The van der Waals surface area contributed by atoms with Crippen LogP contribution in [0.3, 0.4) is 0 Å². The van der Waals surface area contributed by atoms with E-state index < -0.39 is 6.10 Å². The predicted octanol–water partition coefficient (Wildman–Crippen LogP) is 3.65. The van der Waals surface area contributed by atoms with Gasteiger partial charge in [-0.1, -0.05) is 42.8 Å². The number of aliphatic hydroxyl groups is 1. The van der Waals surface area contributed by atoms with Crippen LogP contribution < -0.4 is 4.74 Å². The first-order chi connectivity index (χ1) is 9.15. The molecule has 0 heterocycles. The SMILES string of the molecule is CCc1ccc(OC)c([C@H](O)c2ccc(C)cc2)c1. The summed E-state index contributed by atoms with van der Waals surface area (Å²) >= 11 is 0. The van der Waals surface area contributed by atoms with Gasteiger partial charge in [0.25, 0.3) is 0 Å². The number of hydrogen-bond donors (Lipinski definition) is 1. The highest BCUT2D eigenvalue weighted by molar-refractivity contribution is 5.43. The second-order valence-electron chi connectivity index (χ2n) is 4.74. The highest BCUT2D eigenvalue weighted by atomic mass is 16.5. The van der Waals surface area contributed by atoms with E-state index in [0.717, 1.165) is 23.3 Å². The molecule has 2 aromatic rings. The van der Waals surface area contributed by atoms with Crippen LogP contribution >= 0.6 is 0 Å². The molecule has 2 rings (SSSR count). The summed E-state index contributed by atoms with van der Waals surface area (Å²) in [6.45, 7) is 4.14. The molecule has 1 atom stereocenters.